The molecule has 3 aromatic rings. The van der Waals surface area contributed by atoms with Gasteiger partial charge >= 0.3 is 6.18 Å². The number of carbonyl (C=O) groups excluding carboxylic acids is 1. The van der Waals surface area contributed by atoms with Gasteiger partial charge in [-0.3, -0.25) is 4.79 Å². The van der Waals surface area contributed by atoms with Crippen molar-refractivity contribution < 1.29 is 27.8 Å². The second-order valence-corrected chi connectivity index (χ2v) is 7.45. The molecule has 1 atom stereocenters. The lowest BCUT2D eigenvalue weighted by atomic mass is 10.1. The first kappa shape index (κ1) is 22.0. The van der Waals surface area contributed by atoms with E-state index in [1.165, 1.54) is 6.07 Å². The molecular weight excluding hydrogens is 417 g/mol. The molecule has 0 saturated heterocycles. The number of aliphatic hydroxyl groups excluding tert-OH is 1. The Hall–Kier alpha value is -2.65. The van der Waals surface area contributed by atoms with Crippen LogP contribution in [-0.4, -0.2) is 39.3 Å². The van der Waals surface area contributed by atoms with Gasteiger partial charge in [0.15, 0.2) is 5.78 Å². The first-order chi connectivity index (χ1) is 14.3. The van der Waals surface area contributed by atoms with Crippen LogP contribution in [0.4, 0.5) is 13.2 Å². The Balaban J connectivity index is 1.64. The molecule has 0 fully saturated rings. The van der Waals surface area contributed by atoms with Gasteiger partial charge in [-0.25, -0.2) is 9.97 Å². The largest absolute Gasteiger partial charge is 0.491 e. The summed E-state index contributed by atoms with van der Waals surface area (Å²) in [5.74, 6) is -0.618. The molecule has 0 aliphatic heterocycles. The Morgan fingerprint density at radius 2 is 1.83 bits per heavy atom. The number of rotatable bonds is 8. The molecule has 2 aromatic carbocycles. The molecule has 0 aliphatic rings. The number of carbonyl (C=O) groups is 1. The second-order valence-electron chi connectivity index (χ2n) is 6.44. The third-order valence-corrected chi connectivity index (χ3v) is 5.31. The molecule has 0 spiro atoms. The lowest BCUT2D eigenvalue weighted by Crippen LogP contribution is -2.20. The second kappa shape index (κ2) is 9.44. The van der Waals surface area contributed by atoms with Gasteiger partial charge in [-0.2, -0.15) is 13.2 Å². The third kappa shape index (κ3) is 5.48. The number of thioether (sulfide) groups is 1. The highest BCUT2D eigenvalue weighted by Gasteiger charge is 2.35. The third-order valence-electron chi connectivity index (χ3n) is 4.17. The molecule has 0 saturated carbocycles. The highest BCUT2D eigenvalue weighted by Crippen LogP contribution is 2.32. The SMILES string of the molecule is CCC(=O)c1ccc(OCC(O)CSc2nc(C(F)(F)F)nc3ccccc23)cc1. The molecule has 0 aliphatic carbocycles. The van der Waals surface area contributed by atoms with E-state index in [4.69, 9.17) is 4.74 Å². The zero-order valence-electron chi connectivity index (χ0n) is 16.0. The number of alkyl halides is 3. The number of nitrogens with zero attached hydrogens (tertiary/aromatic N) is 2. The van der Waals surface area contributed by atoms with Crippen LogP contribution in [0.5, 0.6) is 5.75 Å². The highest BCUT2D eigenvalue weighted by atomic mass is 32.2. The van der Waals surface area contributed by atoms with Crippen molar-refractivity contribution in [1.29, 1.82) is 0 Å². The highest BCUT2D eigenvalue weighted by molar-refractivity contribution is 7.99. The van der Waals surface area contributed by atoms with Gasteiger partial charge in [0.05, 0.1) is 11.6 Å². The van der Waals surface area contributed by atoms with E-state index >= 15 is 0 Å². The number of benzene rings is 2. The maximum Gasteiger partial charge on any atom is 0.451 e. The summed E-state index contributed by atoms with van der Waals surface area (Å²) in [6, 6.07) is 13.0. The number of hydrogen-bond donors (Lipinski definition) is 1. The first-order valence-electron chi connectivity index (χ1n) is 9.19. The summed E-state index contributed by atoms with van der Waals surface area (Å²) in [6.07, 6.45) is -5.19. The van der Waals surface area contributed by atoms with Crippen molar-refractivity contribution in [2.24, 2.45) is 0 Å². The monoisotopic (exact) mass is 436 g/mol. The van der Waals surface area contributed by atoms with Crippen LogP contribution in [0.15, 0.2) is 53.6 Å². The normalized spacial score (nSPS) is 12.7. The molecule has 1 heterocycles. The summed E-state index contributed by atoms with van der Waals surface area (Å²) in [6.45, 7) is 1.72. The number of ketones is 1. The Bertz CT molecular complexity index is 1030. The first-order valence-corrected chi connectivity index (χ1v) is 10.2. The zero-order valence-corrected chi connectivity index (χ0v) is 16.8. The van der Waals surface area contributed by atoms with Crippen molar-refractivity contribution in [1.82, 2.24) is 9.97 Å². The number of para-hydroxylation sites is 1. The van der Waals surface area contributed by atoms with Crippen molar-refractivity contribution >= 4 is 28.4 Å². The lowest BCUT2D eigenvalue weighted by molar-refractivity contribution is -0.145. The molecule has 158 valence electrons. The van der Waals surface area contributed by atoms with Gasteiger partial charge in [-0.1, -0.05) is 25.1 Å². The standard InChI is InChI=1S/C21H19F3N2O3S/c1-2-18(28)13-7-9-15(10-8-13)29-11-14(27)12-30-19-16-5-3-4-6-17(16)25-20(26-19)21(22,23)24/h3-10,14,27H,2,11-12H2,1H3. The molecule has 9 heteroatoms. The number of aliphatic hydroxyl groups is 1. The summed E-state index contributed by atoms with van der Waals surface area (Å²) in [4.78, 5) is 18.8. The number of Topliss-reactive ketones (excluding diaryl/α,β-unsaturated/α-hetero) is 1. The number of hydrogen-bond acceptors (Lipinski definition) is 6. The molecule has 30 heavy (non-hydrogen) atoms. The van der Waals surface area contributed by atoms with Crippen molar-refractivity contribution in [2.75, 3.05) is 12.4 Å². The Morgan fingerprint density at radius 3 is 2.50 bits per heavy atom. The molecular formula is C21H19F3N2O3S. The van der Waals surface area contributed by atoms with Crippen molar-refractivity contribution in [2.45, 2.75) is 30.7 Å². The van der Waals surface area contributed by atoms with Gasteiger partial charge in [0.1, 0.15) is 17.4 Å². The smallest absolute Gasteiger partial charge is 0.451 e. The predicted octanol–water partition coefficient (Wildman–Crippen LogP) is 4.77. The van der Waals surface area contributed by atoms with Crippen molar-refractivity contribution in [3.05, 3.63) is 59.9 Å². The van der Waals surface area contributed by atoms with Gasteiger partial charge in [-0.05, 0) is 30.3 Å². The molecule has 1 aromatic heterocycles. The van der Waals surface area contributed by atoms with E-state index in [1.807, 2.05) is 0 Å². The van der Waals surface area contributed by atoms with Crippen LogP contribution >= 0.6 is 11.8 Å². The van der Waals surface area contributed by atoms with Crippen molar-refractivity contribution in [3.8, 4) is 5.75 Å². The van der Waals surface area contributed by atoms with Crippen LogP contribution in [0.3, 0.4) is 0 Å². The van der Waals surface area contributed by atoms with Crippen LogP contribution in [-0.2, 0) is 6.18 Å². The molecule has 0 amide bonds. The minimum absolute atomic E-state index is 0.0216. The molecule has 1 unspecified atom stereocenters. The number of halogens is 3. The topological polar surface area (TPSA) is 72.3 Å². The molecule has 5 nitrogen and oxygen atoms in total. The van der Waals surface area contributed by atoms with E-state index in [9.17, 15) is 23.1 Å². The van der Waals surface area contributed by atoms with Crippen LogP contribution in [0.2, 0.25) is 0 Å². The summed E-state index contributed by atoms with van der Waals surface area (Å²) in [5.41, 5.74) is 0.770. The van der Waals surface area contributed by atoms with Crippen LogP contribution in [0.25, 0.3) is 10.9 Å². The summed E-state index contributed by atoms with van der Waals surface area (Å²) in [7, 11) is 0. The van der Waals surface area contributed by atoms with E-state index in [1.54, 1.807) is 49.4 Å². The fraction of sp³-hybridized carbons (Fsp3) is 0.286. The van der Waals surface area contributed by atoms with Gasteiger partial charge in [0.2, 0.25) is 5.82 Å². The van der Waals surface area contributed by atoms with Gasteiger partial charge in [0, 0.05) is 23.1 Å². The van der Waals surface area contributed by atoms with Gasteiger partial charge < -0.3 is 9.84 Å². The van der Waals surface area contributed by atoms with E-state index < -0.39 is 18.1 Å². The summed E-state index contributed by atoms with van der Waals surface area (Å²) >= 11 is 1.01. The average Bonchev–Trinajstić information content (AvgIpc) is 2.75. The van der Waals surface area contributed by atoms with Crippen LogP contribution in [0, 0.1) is 0 Å². The average molecular weight is 436 g/mol. The van der Waals surface area contributed by atoms with Crippen LogP contribution in [0.1, 0.15) is 29.5 Å². The minimum atomic E-state index is -4.66. The lowest BCUT2D eigenvalue weighted by Gasteiger charge is -2.14. The number of fused-ring (bicyclic) bond motifs is 1. The minimum Gasteiger partial charge on any atom is -0.491 e. The number of aromatic nitrogens is 2. The van der Waals surface area contributed by atoms with E-state index in [0.717, 1.165) is 11.8 Å². The Labute approximate surface area is 175 Å². The van der Waals surface area contributed by atoms with E-state index in [-0.39, 0.29) is 28.7 Å². The molecule has 3 rings (SSSR count). The van der Waals surface area contributed by atoms with Gasteiger partial charge in [-0.15, -0.1) is 11.8 Å². The summed E-state index contributed by atoms with van der Waals surface area (Å²) < 4.78 is 44.7. The van der Waals surface area contributed by atoms with E-state index in [0.29, 0.717) is 23.1 Å². The molecule has 0 radical (unpaired) electrons. The summed E-state index contributed by atoms with van der Waals surface area (Å²) in [5, 5.41) is 10.8. The predicted molar refractivity (Wildman–Crippen MR) is 108 cm³/mol. The quantitative estimate of drug-likeness (QED) is 0.312. The number of ether oxygens (including phenoxy) is 1. The Kier molecular flexibility index (Phi) is 6.94. The fourth-order valence-electron chi connectivity index (χ4n) is 2.64. The molecule has 1 N–H and O–H groups in total. The maximum atomic E-state index is 13.1. The Morgan fingerprint density at radius 1 is 1.13 bits per heavy atom. The van der Waals surface area contributed by atoms with Crippen molar-refractivity contribution in [3.63, 3.8) is 0 Å². The molecule has 0 bridgehead atoms. The van der Waals surface area contributed by atoms with Gasteiger partial charge in [0.25, 0.3) is 0 Å². The van der Waals surface area contributed by atoms with Crippen LogP contribution < -0.4 is 4.74 Å². The zero-order chi connectivity index (χ0) is 21.7. The maximum absolute atomic E-state index is 13.1. The van der Waals surface area contributed by atoms with E-state index in [2.05, 4.69) is 9.97 Å². The fourth-order valence-corrected chi connectivity index (χ4v) is 3.57.